The van der Waals surface area contributed by atoms with E-state index in [0.717, 1.165) is 0 Å². The van der Waals surface area contributed by atoms with E-state index in [-0.39, 0.29) is 11.5 Å². The Bertz CT molecular complexity index is 534. The fourth-order valence-corrected chi connectivity index (χ4v) is 1.68. The molecule has 2 rings (SSSR count). The van der Waals surface area contributed by atoms with E-state index in [1.54, 1.807) is 18.2 Å². The summed E-state index contributed by atoms with van der Waals surface area (Å²) in [6, 6.07) is 6.39. The first-order valence-electron chi connectivity index (χ1n) is 4.74. The van der Waals surface area contributed by atoms with E-state index in [0.29, 0.717) is 22.3 Å². The molecule has 0 amide bonds. The first kappa shape index (κ1) is 10.4. The van der Waals surface area contributed by atoms with Gasteiger partial charge in [-0.15, -0.1) is 0 Å². The van der Waals surface area contributed by atoms with Crippen LogP contribution >= 0.6 is 0 Å². The van der Waals surface area contributed by atoms with E-state index in [1.807, 2.05) is 0 Å². The molecule has 0 aromatic heterocycles. The maximum Gasteiger partial charge on any atom is 0.203 e. The fourth-order valence-electron chi connectivity index (χ4n) is 1.68. The molecule has 0 fully saturated rings. The molecule has 0 aliphatic carbocycles. The molecule has 0 heterocycles. The number of benzene rings is 2. The van der Waals surface area contributed by atoms with Gasteiger partial charge in [-0.3, -0.25) is 0 Å². The minimum Gasteiger partial charge on any atom is -0.508 e. The Kier molecular flexibility index (Phi) is 2.48. The summed E-state index contributed by atoms with van der Waals surface area (Å²) in [4.78, 5) is 0. The van der Waals surface area contributed by atoms with Crippen LogP contribution in [0, 0.1) is 0 Å². The molecule has 4 nitrogen and oxygen atoms in total. The van der Waals surface area contributed by atoms with Crippen molar-refractivity contribution in [3.63, 3.8) is 0 Å². The third-order valence-electron chi connectivity index (χ3n) is 2.44. The summed E-state index contributed by atoms with van der Waals surface area (Å²) < 4.78 is 10.2. The number of phenolic OH excluding ortho intramolecular Hbond substituents is 2. The molecule has 2 N–H and O–H groups in total. The van der Waals surface area contributed by atoms with Gasteiger partial charge in [0, 0.05) is 5.39 Å². The summed E-state index contributed by atoms with van der Waals surface area (Å²) in [6.07, 6.45) is 0. The van der Waals surface area contributed by atoms with Crippen LogP contribution in [0.25, 0.3) is 10.8 Å². The Morgan fingerprint density at radius 1 is 1.00 bits per heavy atom. The quantitative estimate of drug-likeness (QED) is 0.815. The predicted octanol–water partition coefficient (Wildman–Crippen LogP) is 2.27. The second-order valence-corrected chi connectivity index (χ2v) is 3.37. The van der Waals surface area contributed by atoms with Crippen molar-refractivity contribution in [2.24, 2.45) is 0 Å². The Hall–Kier alpha value is -2.10. The van der Waals surface area contributed by atoms with Crippen molar-refractivity contribution in [1.29, 1.82) is 0 Å². The van der Waals surface area contributed by atoms with Crippen LogP contribution in [-0.4, -0.2) is 24.4 Å². The zero-order valence-corrected chi connectivity index (χ0v) is 9.02. The minimum absolute atomic E-state index is 0.0110. The molecule has 0 bridgehead atoms. The van der Waals surface area contributed by atoms with Gasteiger partial charge >= 0.3 is 0 Å². The van der Waals surface area contributed by atoms with Crippen molar-refractivity contribution in [3.8, 4) is 23.0 Å². The van der Waals surface area contributed by atoms with Gasteiger partial charge in [-0.2, -0.15) is 0 Å². The lowest BCUT2D eigenvalue weighted by Crippen LogP contribution is -1.91. The van der Waals surface area contributed by atoms with Crippen molar-refractivity contribution in [2.45, 2.75) is 0 Å². The lowest BCUT2D eigenvalue weighted by Gasteiger charge is -2.11. The fraction of sp³-hybridized carbons (Fsp3) is 0.167. The molecular formula is C12H12O4. The van der Waals surface area contributed by atoms with E-state index < -0.39 is 0 Å². The largest absolute Gasteiger partial charge is 0.508 e. The Balaban J connectivity index is 2.82. The van der Waals surface area contributed by atoms with Gasteiger partial charge in [0.15, 0.2) is 11.5 Å². The molecule has 0 saturated carbocycles. The summed E-state index contributed by atoms with van der Waals surface area (Å²) in [7, 11) is 2.95. The van der Waals surface area contributed by atoms with Gasteiger partial charge in [0.25, 0.3) is 0 Å². The number of fused-ring (bicyclic) bond motifs is 1. The van der Waals surface area contributed by atoms with Crippen molar-refractivity contribution >= 4 is 10.8 Å². The first-order chi connectivity index (χ1) is 7.67. The smallest absolute Gasteiger partial charge is 0.203 e. The zero-order valence-electron chi connectivity index (χ0n) is 9.02. The van der Waals surface area contributed by atoms with E-state index >= 15 is 0 Å². The first-order valence-corrected chi connectivity index (χ1v) is 4.74. The average molecular weight is 220 g/mol. The van der Waals surface area contributed by atoms with E-state index in [1.165, 1.54) is 20.3 Å². The summed E-state index contributed by atoms with van der Waals surface area (Å²) in [6.45, 7) is 0. The molecule has 0 aliphatic rings. The van der Waals surface area contributed by atoms with Crippen molar-refractivity contribution in [1.82, 2.24) is 0 Å². The second kappa shape index (κ2) is 3.81. The lowest BCUT2D eigenvalue weighted by molar-refractivity contribution is 0.335. The zero-order chi connectivity index (χ0) is 11.7. The van der Waals surface area contributed by atoms with Crippen molar-refractivity contribution in [3.05, 3.63) is 24.3 Å². The van der Waals surface area contributed by atoms with Crippen LogP contribution in [-0.2, 0) is 0 Å². The molecule has 0 unspecified atom stereocenters. The second-order valence-electron chi connectivity index (χ2n) is 3.37. The molecule has 2 aromatic carbocycles. The van der Waals surface area contributed by atoms with Gasteiger partial charge in [0.05, 0.1) is 14.2 Å². The Morgan fingerprint density at radius 2 is 1.75 bits per heavy atom. The highest BCUT2D eigenvalue weighted by Crippen LogP contribution is 2.43. The number of methoxy groups -OCH3 is 2. The highest BCUT2D eigenvalue weighted by Gasteiger charge is 2.14. The number of rotatable bonds is 2. The highest BCUT2D eigenvalue weighted by molar-refractivity contribution is 5.93. The monoisotopic (exact) mass is 220 g/mol. The summed E-state index contributed by atoms with van der Waals surface area (Å²) in [5.74, 6) is 0.870. The molecule has 0 saturated heterocycles. The van der Waals surface area contributed by atoms with Crippen LogP contribution < -0.4 is 9.47 Å². The van der Waals surface area contributed by atoms with Crippen LogP contribution in [0.2, 0.25) is 0 Å². The topological polar surface area (TPSA) is 58.9 Å². The molecule has 2 aromatic rings. The molecule has 0 aliphatic heterocycles. The maximum atomic E-state index is 9.97. The van der Waals surface area contributed by atoms with E-state index in [9.17, 15) is 10.2 Å². The normalized spacial score (nSPS) is 10.4. The Morgan fingerprint density at radius 3 is 2.38 bits per heavy atom. The van der Waals surface area contributed by atoms with Gasteiger partial charge in [-0.25, -0.2) is 0 Å². The average Bonchev–Trinajstić information content (AvgIpc) is 2.28. The lowest BCUT2D eigenvalue weighted by atomic mass is 10.1. The predicted molar refractivity (Wildman–Crippen MR) is 60.4 cm³/mol. The van der Waals surface area contributed by atoms with Crippen LogP contribution in [0.3, 0.4) is 0 Å². The molecule has 4 heteroatoms. The molecule has 16 heavy (non-hydrogen) atoms. The molecule has 0 radical (unpaired) electrons. The van der Waals surface area contributed by atoms with E-state index in [4.69, 9.17) is 9.47 Å². The van der Waals surface area contributed by atoms with Crippen molar-refractivity contribution in [2.75, 3.05) is 14.2 Å². The van der Waals surface area contributed by atoms with Gasteiger partial charge in [-0.05, 0) is 29.7 Å². The Labute approximate surface area is 92.7 Å². The van der Waals surface area contributed by atoms with Gasteiger partial charge in [0.1, 0.15) is 5.75 Å². The van der Waals surface area contributed by atoms with E-state index in [2.05, 4.69) is 0 Å². The molecule has 0 atom stereocenters. The number of phenols is 2. The van der Waals surface area contributed by atoms with Crippen LogP contribution in [0.15, 0.2) is 24.3 Å². The van der Waals surface area contributed by atoms with Crippen molar-refractivity contribution < 1.29 is 19.7 Å². The van der Waals surface area contributed by atoms with Gasteiger partial charge in [0.2, 0.25) is 5.75 Å². The third-order valence-corrected chi connectivity index (χ3v) is 2.44. The number of hydrogen-bond donors (Lipinski definition) is 2. The highest BCUT2D eigenvalue weighted by atomic mass is 16.5. The third kappa shape index (κ3) is 1.48. The number of ether oxygens (including phenoxy) is 2. The number of hydrogen-bond acceptors (Lipinski definition) is 4. The van der Waals surface area contributed by atoms with Gasteiger partial charge in [-0.1, -0.05) is 0 Å². The standard InChI is InChI=1S/C12H12O4/c1-15-10-6-7-5-8(13)3-4-9(7)11(14)12(10)16-2/h3-6,13-14H,1-2H3. The maximum absolute atomic E-state index is 9.97. The van der Waals surface area contributed by atoms with Crippen LogP contribution in [0.4, 0.5) is 0 Å². The molecule has 84 valence electrons. The van der Waals surface area contributed by atoms with Crippen LogP contribution in [0.5, 0.6) is 23.0 Å². The summed E-state index contributed by atoms with van der Waals surface area (Å²) in [5, 5.41) is 20.6. The summed E-state index contributed by atoms with van der Waals surface area (Å²) >= 11 is 0. The number of aromatic hydroxyl groups is 2. The SMILES string of the molecule is COc1cc2cc(O)ccc2c(O)c1OC. The molecular weight excluding hydrogens is 208 g/mol. The molecule has 0 spiro atoms. The minimum atomic E-state index is 0.0110. The van der Waals surface area contributed by atoms with Crippen LogP contribution in [0.1, 0.15) is 0 Å². The van der Waals surface area contributed by atoms with Gasteiger partial charge < -0.3 is 19.7 Å². The summed E-state index contributed by atoms with van der Waals surface area (Å²) in [5.41, 5.74) is 0.